The summed E-state index contributed by atoms with van der Waals surface area (Å²) in [6, 6.07) is 13.2. The predicted octanol–water partition coefficient (Wildman–Crippen LogP) is 1.45. The minimum atomic E-state index is -0.556. The van der Waals surface area contributed by atoms with Crippen LogP contribution in [-0.2, 0) is 27.3 Å². The number of anilines is 1. The highest BCUT2D eigenvalue weighted by molar-refractivity contribution is 7.07. The maximum atomic E-state index is 13.3. The lowest BCUT2D eigenvalue weighted by atomic mass is 10.1. The van der Waals surface area contributed by atoms with Crippen molar-refractivity contribution in [2.75, 3.05) is 11.5 Å². The van der Waals surface area contributed by atoms with E-state index in [9.17, 15) is 14.4 Å². The van der Waals surface area contributed by atoms with Crippen LogP contribution < -0.4 is 19.7 Å². The van der Waals surface area contributed by atoms with E-state index in [0.717, 1.165) is 29.0 Å². The fourth-order valence-electron chi connectivity index (χ4n) is 3.83. The first-order chi connectivity index (χ1) is 15.5. The van der Waals surface area contributed by atoms with Gasteiger partial charge in [-0.2, -0.15) is 0 Å². The van der Waals surface area contributed by atoms with Crippen molar-refractivity contribution >= 4 is 41.1 Å². The van der Waals surface area contributed by atoms with E-state index in [-0.39, 0.29) is 30.7 Å². The molecular weight excluding hydrogens is 426 g/mol. The van der Waals surface area contributed by atoms with Gasteiger partial charge in [0, 0.05) is 17.9 Å². The highest BCUT2D eigenvalue weighted by atomic mass is 32.1. The molecule has 0 radical (unpaired) electrons. The summed E-state index contributed by atoms with van der Waals surface area (Å²) in [4.78, 5) is 44.5. The second kappa shape index (κ2) is 9.32. The first-order valence-corrected chi connectivity index (χ1v) is 11.2. The third kappa shape index (κ3) is 4.40. The molecule has 8 heteroatoms. The second-order valence-electron chi connectivity index (χ2n) is 7.44. The number of para-hydroxylation sites is 1. The fraction of sp³-hybridized carbons (Fsp3) is 0.250. The Bertz CT molecular complexity index is 1330. The van der Waals surface area contributed by atoms with Crippen LogP contribution in [0.25, 0.3) is 12.2 Å². The van der Waals surface area contributed by atoms with Crippen molar-refractivity contribution in [3.8, 4) is 0 Å². The highest BCUT2D eigenvalue weighted by Crippen LogP contribution is 2.31. The zero-order valence-corrected chi connectivity index (χ0v) is 18.7. The standard InChI is InChI=1S/C24H23N3O4S/c1-3-31-23(29)14-22-26(24(30)20(32-22)13-18-9-6-7-11-25-18)15-21(28)27-16(2)12-17-8-4-5-10-19(17)27/h4-11,13-14,16H,3,12,15H2,1-2H3/b20-13-,22-14-. The van der Waals surface area contributed by atoms with Crippen LogP contribution in [0, 0.1) is 0 Å². The number of pyridine rings is 1. The molecule has 3 aromatic rings. The second-order valence-corrected chi connectivity index (χ2v) is 8.50. The van der Waals surface area contributed by atoms with Gasteiger partial charge in [-0.25, -0.2) is 4.79 Å². The number of nitrogens with zero attached hydrogens (tertiary/aromatic N) is 3. The Morgan fingerprint density at radius 2 is 2.00 bits per heavy atom. The maximum absolute atomic E-state index is 13.3. The number of thiazole rings is 1. The van der Waals surface area contributed by atoms with Crippen molar-refractivity contribution in [1.82, 2.24) is 9.55 Å². The van der Waals surface area contributed by atoms with E-state index in [4.69, 9.17) is 4.74 Å². The van der Waals surface area contributed by atoms with Crippen LogP contribution in [0.4, 0.5) is 5.69 Å². The molecule has 0 spiro atoms. The lowest BCUT2D eigenvalue weighted by molar-refractivity contribution is -0.135. The number of ether oxygens (including phenoxy) is 1. The molecule has 1 aliphatic rings. The van der Waals surface area contributed by atoms with Gasteiger partial charge in [-0.1, -0.05) is 24.3 Å². The summed E-state index contributed by atoms with van der Waals surface area (Å²) in [6.07, 6.45) is 5.32. The van der Waals surface area contributed by atoms with Crippen LogP contribution in [0.2, 0.25) is 0 Å². The van der Waals surface area contributed by atoms with E-state index in [0.29, 0.717) is 14.9 Å². The van der Waals surface area contributed by atoms with Crippen LogP contribution in [0.1, 0.15) is 25.1 Å². The van der Waals surface area contributed by atoms with Crippen molar-refractivity contribution in [3.05, 3.63) is 79.5 Å². The smallest absolute Gasteiger partial charge is 0.333 e. The molecule has 1 unspecified atom stereocenters. The lowest BCUT2D eigenvalue weighted by Gasteiger charge is -2.22. The van der Waals surface area contributed by atoms with Gasteiger partial charge in [0.05, 0.1) is 22.9 Å². The molecule has 1 aromatic carbocycles. The molecule has 0 saturated carbocycles. The molecule has 2 aromatic heterocycles. The van der Waals surface area contributed by atoms with Crippen LogP contribution in [0.5, 0.6) is 0 Å². The van der Waals surface area contributed by atoms with Crippen molar-refractivity contribution in [2.24, 2.45) is 0 Å². The minimum Gasteiger partial charge on any atom is -0.463 e. The molecular formula is C24H23N3O4S. The van der Waals surface area contributed by atoms with Crippen LogP contribution in [0.3, 0.4) is 0 Å². The van der Waals surface area contributed by atoms with Crippen LogP contribution in [0.15, 0.2) is 53.5 Å². The summed E-state index contributed by atoms with van der Waals surface area (Å²) in [5, 5.41) is 0. The molecule has 32 heavy (non-hydrogen) atoms. The van der Waals surface area contributed by atoms with Gasteiger partial charge in [0.25, 0.3) is 5.56 Å². The van der Waals surface area contributed by atoms with Gasteiger partial charge in [-0.15, -0.1) is 11.3 Å². The number of hydrogen-bond donors (Lipinski definition) is 0. The van der Waals surface area contributed by atoms with Gasteiger partial charge >= 0.3 is 5.97 Å². The number of benzene rings is 1. The van der Waals surface area contributed by atoms with Gasteiger partial charge in [0.1, 0.15) is 11.2 Å². The van der Waals surface area contributed by atoms with E-state index in [1.165, 1.54) is 10.6 Å². The van der Waals surface area contributed by atoms with Crippen molar-refractivity contribution in [1.29, 1.82) is 0 Å². The van der Waals surface area contributed by atoms with Gasteiger partial charge < -0.3 is 9.64 Å². The zero-order chi connectivity index (χ0) is 22.7. The average Bonchev–Trinajstić information content (AvgIpc) is 3.25. The summed E-state index contributed by atoms with van der Waals surface area (Å²) in [5.41, 5.74) is 2.25. The molecule has 1 atom stereocenters. The summed E-state index contributed by atoms with van der Waals surface area (Å²) in [7, 11) is 0. The molecule has 0 saturated heterocycles. The Morgan fingerprint density at radius 3 is 2.75 bits per heavy atom. The summed E-state index contributed by atoms with van der Waals surface area (Å²) in [5.74, 6) is -0.760. The molecule has 0 fully saturated rings. The third-order valence-corrected chi connectivity index (χ3v) is 6.26. The Balaban J connectivity index is 1.76. The Kier molecular flexibility index (Phi) is 6.32. The van der Waals surface area contributed by atoms with Gasteiger partial charge in [0.2, 0.25) is 5.91 Å². The van der Waals surface area contributed by atoms with E-state index in [1.54, 1.807) is 36.2 Å². The first-order valence-electron chi connectivity index (χ1n) is 10.4. The molecule has 0 bridgehead atoms. The third-order valence-electron chi connectivity index (χ3n) is 5.20. The molecule has 4 rings (SSSR count). The Labute approximate surface area is 188 Å². The number of esters is 1. The van der Waals surface area contributed by atoms with E-state index in [2.05, 4.69) is 4.98 Å². The summed E-state index contributed by atoms with van der Waals surface area (Å²) < 4.78 is 7.11. The number of rotatable bonds is 5. The molecule has 0 N–H and O–H groups in total. The quantitative estimate of drug-likeness (QED) is 0.551. The Morgan fingerprint density at radius 1 is 1.22 bits per heavy atom. The van der Waals surface area contributed by atoms with Gasteiger partial charge in [-0.3, -0.25) is 19.1 Å². The highest BCUT2D eigenvalue weighted by Gasteiger charge is 2.30. The largest absolute Gasteiger partial charge is 0.463 e. The fourth-order valence-corrected chi connectivity index (χ4v) is 4.85. The van der Waals surface area contributed by atoms with Gasteiger partial charge in [0.15, 0.2) is 0 Å². The van der Waals surface area contributed by atoms with Crippen molar-refractivity contribution in [2.45, 2.75) is 32.9 Å². The monoisotopic (exact) mass is 449 g/mol. The number of fused-ring (bicyclic) bond motifs is 1. The maximum Gasteiger partial charge on any atom is 0.333 e. The number of carbonyl (C=O) groups is 2. The molecule has 0 aliphatic carbocycles. The first kappa shape index (κ1) is 21.7. The van der Waals surface area contributed by atoms with Crippen molar-refractivity contribution < 1.29 is 14.3 Å². The number of carbonyl (C=O) groups excluding carboxylic acids is 2. The van der Waals surface area contributed by atoms with E-state index < -0.39 is 5.97 Å². The van der Waals surface area contributed by atoms with Gasteiger partial charge in [-0.05, 0) is 50.1 Å². The Hall–Kier alpha value is -3.52. The molecule has 164 valence electrons. The minimum absolute atomic E-state index is 0.00808. The lowest BCUT2D eigenvalue weighted by Crippen LogP contribution is -2.42. The molecule has 7 nitrogen and oxygen atoms in total. The topological polar surface area (TPSA) is 81.5 Å². The van der Waals surface area contributed by atoms with Crippen LogP contribution in [-0.4, -0.2) is 34.1 Å². The zero-order valence-electron chi connectivity index (χ0n) is 17.9. The molecule has 1 aliphatic heterocycles. The van der Waals surface area contributed by atoms with Crippen LogP contribution >= 0.6 is 11.3 Å². The van der Waals surface area contributed by atoms with E-state index in [1.807, 2.05) is 37.3 Å². The molecule has 3 heterocycles. The predicted molar refractivity (Wildman–Crippen MR) is 124 cm³/mol. The van der Waals surface area contributed by atoms with Crippen molar-refractivity contribution in [3.63, 3.8) is 0 Å². The SMILES string of the molecule is CCOC(=O)/C=c1\s/c(=C\c2ccccn2)c(=O)n1CC(=O)N1c2ccccc2CC1C. The summed E-state index contributed by atoms with van der Waals surface area (Å²) >= 11 is 1.13. The average molecular weight is 450 g/mol. The summed E-state index contributed by atoms with van der Waals surface area (Å²) in [6.45, 7) is 3.75. The molecule has 1 amide bonds. The normalized spacial score (nSPS) is 16.3. The number of hydrogen-bond acceptors (Lipinski definition) is 6. The number of amides is 1. The van der Waals surface area contributed by atoms with E-state index >= 15 is 0 Å². The number of aromatic nitrogens is 2.